The zero-order valence-electron chi connectivity index (χ0n) is 8.94. The van der Waals surface area contributed by atoms with Crippen molar-refractivity contribution in [3.05, 3.63) is 18.2 Å². The summed E-state index contributed by atoms with van der Waals surface area (Å²) in [5.74, 6) is 1.12. The van der Waals surface area contributed by atoms with Gasteiger partial charge in [-0.05, 0) is 12.8 Å². The fraction of sp³-hybridized carbons (Fsp3) is 0.700. The minimum Gasteiger partial charge on any atom is -0.383 e. The average molecular weight is 197 g/mol. The first-order valence-electron chi connectivity index (χ1n) is 4.94. The molecule has 1 aromatic rings. The van der Waals surface area contributed by atoms with E-state index >= 15 is 0 Å². The number of imidazole rings is 1. The maximum atomic E-state index is 5.81. The Balaban J connectivity index is 2.19. The van der Waals surface area contributed by atoms with Crippen LogP contribution in [0, 0.1) is 0 Å². The maximum Gasteiger partial charge on any atom is 0.108 e. The highest BCUT2D eigenvalue weighted by atomic mass is 16.5. The van der Waals surface area contributed by atoms with E-state index in [9.17, 15) is 0 Å². The average Bonchev–Trinajstić information content (AvgIpc) is 2.52. The number of methoxy groups -OCH3 is 1. The number of hydrogen-bond donors (Lipinski definition) is 1. The smallest absolute Gasteiger partial charge is 0.108 e. The molecule has 1 atom stereocenters. The van der Waals surface area contributed by atoms with Crippen molar-refractivity contribution >= 4 is 0 Å². The van der Waals surface area contributed by atoms with Crippen LogP contribution in [0.5, 0.6) is 0 Å². The summed E-state index contributed by atoms with van der Waals surface area (Å²) >= 11 is 0. The molecule has 1 heterocycles. The molecule has 0 bridgehead atoms. The molecule has 1 rings (SSSR count). The Hall–Kier alpha value is -0.870. The Labute approximate surface area is 85.1 Å². The molecule has 4 nitrogen and oxygen atoms in total. The molecule has 0 amide bonds. The van der Waals surface area contributed by atoms with E-state index in [1.54, 1.807) is 7.11 Å². The van der Waals surface area contributed by atoms with E-state index in [4.69, 9.17) is 10.5 Å². The van der Waals surface area contributed by atoms with Crippen molar-refractivity contribution in [1.29, 1.82) is 0 Å². The SMILES string of the molecule is COCC(N)CCCc1nccn1C. The van der Waals surface area contributed by atoms with Crippen LogP contribution in [0.1, 0.15) is 18.7 Å². The molecule has 0 aliphatic carbocycles. The summed E-state index contributed by atoms with van der Waals surface area (Å²) < 4.78 is 7.01. The Morgan fingerprint density at radius 3 is 3.00 bits per heavy atom. The minimum absolute atomic E-state index is 0.153. The Bertz CT molecular complexity index is 260. The van der Waals surface area contributed by atoms with Gasteiger partial charge in [0.15, 0.2) is 0 Å². The summed E-state index contributed by atoms with van der Waals surface area (Å²) in [5.41, 5.74) is 5.81. The molecule has 14 heavy (non-hydrogen) atoms. The second-order valence-electron chi connectivity index (χ2n) is 3.56. The van der Waals surface area contributed by atoms with Crippen LogP contribution < -0.4 is 5.73 Å². The molecule has 80 valence electrons. The maximum absolute atomic E-state index is 5.81. The van der Waals surface area contributed by atoms with Gasteiger partial charge in [0.1, 0.15) is 5.82 Å². The molecule has 0 spiro atoms. The predicted molar refractivity (Wildman–Crippen MR) is 56.0 cm³/mol. The van der Waals surface area contributed by atoms with Gasteiger partial charge in [0, 0.05) is 39.0 Å². The highest BCUT2D eigenvalue weighted by Crippen LogP contribution is 2.03. The number of aryl methyl sites for hydroxylation is 2. The van der Waals surface area contributed by atoms with Crippen LogP contribution in [0.3, 0.4) is 0 Å². The van der Waals surface area contributed by atoms with Crippen molar-refractivity contribution in [2.45, 2.75) is 25.3 Å². The summed E-state index contributed by atoms with van der Waals surface area (Å²) in [6.45, 7) is 0.639. The summed E-state index contributed by atoms with van der Waals surface area (Å²) in [5, 5.41) is 0. The fourth-order valence-corrected chi connectivity index (χ4v) is 1.46. The van der Waals surface area contributed by atoms with Crippen molar-refractivity contribution in [2.75, 3.05) is 13.7 Å². The first kappa shape index (κ1) is 11.2. The molecular weight excluding hydrogens is 178 g/mol. The predicted octanol–water partition coefficient (Wildman–Crippen LogP) is 0.716. The molecule has 1 aromatic heterocycles. The third kappa shape index (κ3) is 3.47. The van der Waals surface area contributed by atoms with Crippen LogP contribution in [-0.4, -0.2) is 29.3 Å². The van der Waals surface area contributed by atoms with E-state index in [0.29, 0.717) is 6.61 Å². The summed E-state index contributed by atoms with van der Waals surface area (Å²) in [4.78, 5) is 4.25. The normalized spacial score (nSPS) is 13.1. The molecule has 0 aliphatic rings. The number of nitrogens with zero attached hydrogens (tertiary/aromatic N) is 2. The number of aromatic nitrogens is 2. The number of nitrogens with two attached hydrogens (primary N) is 1. The van der Waals surface area contributed by atoms with E-state index in [2.05, 4.69) is 4.98 Å². The minimum atomic E-state index is 0.153. The van der Waals surface area contributed by atoms with E-state index < -0.39 is 0 Å². The van der Waals surface area contributed by atoms with Gasteiger partial charge in [0.25, 0.3) is 0 Å². The van der Waals surface area contributed by atoms with Crippen LogP contribution in [-0.2, 0) is 18.2 Å². The van der Waals surface area contributed by atoms with Gasteiger partial charge < -0.3 is 15.0 Å². The largest absolute Gasteiger partial charge is 0.383 e. The molecule has 2 N–H and O–H groups in total. The Morgan fingerprint density at radius 2 is 2.43 bits per heavy atom. The first-order chi connectivity index (χ1) is 6.74. The monoisotopic (exact) mass is 197 g/mol. The standard InChI is InChI=1S/C10H19N3O/c1-13-7-6-12-10(13)5-3-4-9(11)8-14-2/h6-7,9H,3-5,8,11H2,1-2H3. The summed E-state index contributed by atoms with van der Waals surface area (Å²) in [6, 6.07) is 0.153. The number of hydrogen-bond acceptors (Lipinski definition) is 3. The van der Waals surface area contributed by atoms with Crippen molar-refractivity contribution in [1.82, 2.24) is 9.55 Å². The Kier molecular flexibility index (Phi) is 4.62. The molecule has 0 aliphatic heterocycles. The summed E-state index contributed by atoms with van der Waals surface area (Å²) in [6.07, 6.45) is 6.83. The molecule has 0 aromatic carbocycles. The third-order valence-electron chi connectivity index (χ3n) is 2.28. The van der Waals surface area contributed by atoms with Gasteiger partial charge in [0.2, 0.25) is 0 Å². The first-order valence-corrected chi connectivity index (χ1v) is 4.94. The lowest BCUT2D eigenvalue weighted by molar-refractivity contribution is 0.176. The highest BCUT2D eigenvalue weighted by Gasteiger charge is 2.03. The number of ether oxygens (including phenoxy) is 1. The zero-order valence-corrected chi connectivity index (χ0v) is 8.94. The van der Waals surface area contributed by atoms with E-state index in [0.717, 1.165) is 25.1 Å². The van der Waals surface area contributed by atoms with Crippen molar-refractivity contribution < 1.29 is 4.74 Å². The third-order valence-corrected chi connectivity index (χ3v) is 2.28. The lowest BCUT2D eigenvalue weighted by atomic mass is 10.1. The quantitative estimate of drug-likeness (QED) is 0.731. The molecule has 1 unspecified atom stereocenters. The second kappa shape index (κ2) is 5.78. The molecule has 0 radical (unpaired) electrons. The van der Waals surface area contributed by atoms with Crippen molar-refractivity contribution in [2.24, 2.45) is 12.8 Å². The van der Waals surface area contributed by atoms with E-state index in [-0.39, 0.29) is 6.04 Å². The summed E-state index contributed by atoms with van der Waals surface area (Å²) in [7, 11) is 3.69. The van der Waals surface area contributed by atoms with Gasteiger partial charge in [-0.1, -0.05) is 0 Å². The zero-order chi connectivity index (χ0) is 10.4. The van der Waals surface area contributed by atoms with Crippen LogP contribution >= 0.6 is 0 Å². The molecule has 0 fully saturated rings. The van der Waals surface area contributed by atoms with Crippen LogP contribution in [0.15, 0.2) is 12.4 Å². The van der Waals surface area contributed by atoms with Gasteiger partial charge in [-0.3, -0.25) is 0 Å². The van der Waals surface area contributed by atoms with Gasteiger partial charge >= 0.3 is 0 Å². The van der Waals surface area contributed by atoms with Crippen LogP contribution in [0.2, 0.25) is 0 Å². The number of rotatable bonds is 6. The highest BCUT2D eigenvalue weighted by molar-refractivity contribution is 4.91. The van der Waals surface area contributed by atoms with Crippen molar-refractivity contribution in [3.63, 3.8) is 0 Å². The Morgan fingerprint density at radius 1 is 1.64 bits per heavy atom. The second-order valence-corrected chi connectivity index (χ2v) is 3.56. The molecule has 4 heteroatoms. The van der Waals surface area contributed by atoms with Gasteiger partial charge in [0.05, 0.1) is 6.61 Å². The van der Waals surface area contributed by atoms with Gasteiger partial charge in [-0.25, -0.2) is 4.98 Å². The molecule has 0 saturated carbocycles. The lowest BCUT2D eigenvalue weighted by Crippen LogP contribution is -2.25. The van der Waals surface area contributed by atoms with Crippen LogP contribution in [0.25, 0.3) is 0 Å². The van der Waals surface area contributed by atoms with Crippen molar-refractivity contribution in [3.8, 4) is 0 Å². The molecular formula is C10H19N3O. The topological polar surface area (TPSA) is 53.1 Å². The molecule has 0 saturated heterocycles. The van der Waals surface area contributed by atoms with Gasteiger partial charge in [-0.2, -0.15) is 0 Å². The fourth-order valence-electron chi connectivity index (χ4n) is 1.46. The van der Waals surface area contributed by atoms with E-state index in [1.165, 1.54) is 0 Å². The lowest BCUT2D eigenvalue weighted by Gasteiger charge is -2.09. The van der Waals surface area contributed by atoms with Crippen LogP contribution in [0.4, 0.5) is 0 Å². The van der Waals surface area contributed by atoms with E-state index in [1.807, 2.05) is 24.0 Å². The van der Waals surface area contributed by atoms with Gasteiger partial charge in [-0.15, -0.1) is 0 Å².